The van der Waals surface area contributed by atoms with Gasteiger partial charge in [0.15, 0.2) is 16.9 Å². The van der Waals surface area contributed by atoms with Gasteiger partial charge in [-0.15, -0.1) is 0 Å². The van der Waals surface area contributed by atoms with E-state index in [1.165, 1.54) is 14.2 Å². The molecule has 2 aliphatic rings. The van der Waals surface area contributed by atoms with Crippen LogP contribution in [0.1, 0.15) is 37.8 Å². The zero-order valence-electron chi connectivity index (χ0n) is 16.7. The molecule has 0 radical (unpaired) electrons. The van der Waals surface area contributed by atoms with Gasteiger partial charge < -0.3 is 18.9 Å². The van der Waals surface area contributed by atoms with Gasteiger partial charge in [0.25, 0.3) is 0 Å². The molecule has 3 rings (SSSR count). The molecule has 1 fully saturated rings. The maximum atomic E-state index is 12.6. The number of benzene rings is 1. The maximum Gasteiger partial charge on any atom is 0.323 e. The van der Waals surface area contributed by atoms with Crippen LogP contribution in [-0.2, 0) is 24.5 Å². The molecule has 1 saturated carbocycles. The molecule has 27 heavy (non-hydrogen) atoms. The van der Waals surface area contributed by atoms with Crippen molar-refractivity contribution in [2.45, 2.75) is 32.1 Å². The molecule has 0 unspecified atom stereocenters. The minimum Gasteiger partial charge on any atom is -0.493 e. The van der Waals surface area contributed by atoms with Crippen molar-refractivity contribution >= 4 is 18.0 Å². The molecule has 0 aromatic heterocycles. The van der Waals surface area contributed by atoms with Crippen LogP contribution < -0.4 is 9.47 Å². The van der Waals surface area contributed by atoms with E-state index in [0.29, 0.717) is 24.3 Å². The quantitative estimate of drug-likeness (QED) is 0.596. The van der Waals surface area contributed by atoms with E-state index in [9.17, 15) is 9.59 Å². The van der Waals surface area contributed by atoms with Crippen LogP contribution in [0.15, 0.2) is 17.7 Å². The number of carbonyl (C=O) groups is 2. The smallest absolute Gasteiger partial charge is 0.323 e. The molecule has 1 atom stereocenters. The maximum absolute atomic E-state index is 12.6. The van der Waals surface area contributed by atoms with E-state index in [2.05, 4.69) is 19.9 Å². The second kappa shape index (κ2) is 6.59. The van der Waals surface area contributed by atoms with Crippen LogP contribution in [0.2, 0.25) is 0 Å². The van der Waals surface area contributed by atoms with E-state index in [-0.39, 0.29) is 11.3 Å². The Labute approximate surface area is 159 Å². The highest BCUT2D eigenvalue weighted by atomic mass is 16.5. The fourth-order valence-corrected chi connectivity index (χ4v) is 4.64. The monoisotopic (exact) mass is 374 g/mol. The van der Waals surface area contributed by atoms with Crippen molar-refractivity contribution in [3.63, 3.8) is 0 Å². The number of hydrogen-bond acceptors (Lipinski definition) is 6. The average molecular weight is 374 g/mol. The molecule has 6 heteroatoms. The summed E-state index contributed by atoms with van der Waals surface area (Å²) in [6.07, 6.45) is 2.72. The summed E-state index contributed by atoms with van der Waals surface area (Å²) in [5, 5.41) is 0. The van der Waals surface area contributed by atoms with E-state index >= 15 is 0 Å². The van der Waals surface area contributed by atoms with Gasteiger partial charge in [-0.25, -0.2) is 0 Å². The molecular formula is C21H26O6. The van der Waals surface area contributed by atoms with Crippen molar-refractivity contribution in [2.24, 2.45) is 11.3 Å². The van der Waals surface area contributed by atoms with Crippen LogP contribution in [-0.4, -0.2) is 40.4 Å². The molecule has 0 aliphatic heterocycles. The number of hydrogen-bond donors (Lipinski definition) is 0. The minimum absolute atomic E-state index is 0.0151. The van der Waals surface area contributed by atoms with Gasteiger partial charge in [0.1, 0.15) is 0 Å². The molecule has 0 heterocycles. The Morgan fingerprint density at radius 3 is 2.04 bits per heavy atom. The lowest BCUT2D eigenvalue weighted by Crippen LogP contribution is -2.40. The Hall–Kier alpha value is -2.50. The van der Waals surface area contributed by atoms with E-state index < -0.39 is 17.4 Å². The van der Waals surface area contributed by atoms with E-state index in [0.717, 1.165) is 16.7 Å². The zero-order valence-corrected chi connectivity index (χ0v) is 16.7. The third-order valence-electron chi connectivity index (χ3n) is 6.12. The second-order valence-electron chi connectivity index (χ2n) is 7.73. The molecule has 2 aliphatic carbocycles. The van der Waals surface area contributed by atoms with Crippen LogP contribution >= 0.6 is 0 Å². The van der Waals surface area contributed by atoms with E-state index in [1.54, 1.807) is 14.2 Å². The van der Waals surface area contributed by atoms with Crippen molar-refractivity contribution in [1.82, 2.24) is 0 Å². The van der Waals surface area contributed by atoms with Crippen molar-refractivity contribution in [3.8, 4) is 11.5 Å². The molecule has 0 saturated heterocycles. The number of methoxy groups -OCH3 is 4. The highest BCUT2D eigenvalue weighted by Crippen LogP contribution is 2.58. The fraction of sp³-hybridized carbons (Fsp3) is 0.524. The number of fused-ring (bicyclic) bond motifs is 2. The summed E-state index contributed by atoms with van der Waals surface area (Å²) in [6, 6.07) is 3.92. The van der Waals surface area contributed by atoms with Crippen molar-refractivity contribution < 1.29 is 28.5 Å². The van der Waals surface area contributed by atoms with E-state index in [1.807, 2.05) is 12.1 Å². The van der Waals surface area contributed by atoms with Crippen LogP contribution in [0.4, 0.5) is 0 Å². The van der Waals surface area contributed by atoms with Crippen molar-refractivity contribution in [3.05, 3.63) is 28.8 Å². The van der Waals surface area contributed by atoms with Gasteiger partial charge in [0, 0.05) is 0 Å². The number of carbonyl (C=O) groups excluding carboxylic acids is 2. The average Bonchev–Trinajstić information content (AvgIpc) is 3.07. The van der Waals surface area contributed by atoms with Gasteiger partial charge in [-0.3, -0.25) is 9.59 Å². The van der Waals surface area contributed by atoms with Gasteiger partial charge in [-0.2, -0.15) is 0 Å². The Bertz CT molecular complexity index is 804. The Kier molecular flexibility index (Phi) is 4.70. The minimum atomic E-state index is -1.30. The first-order valence-corrected chi connectivity index (χ1v) is 8.89. The number of allylic oxidation sites excluding steroid dienone is 1. The second-order valence-corrected chi connectivity index (χ2v) is 7.73. The molecule has 0 amide bonds. The molecule has 146 valence electrons. The van der Waals surface area contributed by atoms with Gasteiger partial charge in [0.2, 0.25) is 0 Å². The number of rotatable bonds is 4. The summed E-state index contributed by atoms with van der Waals surface area (Å²) < 4.78 is 20.9. The largest absolute Gasteiger partial charge is 0.493 e. The normalized spacial score (nSPS) is 21.4. The van der Waals surface area contributed by atoms with Gasteiger partial charge in [-0.1, -0.05) is 25.5 Å². The van der Waals surface area contributed by atoms with Gasteiger partial charge in [-0.05, 0) is 47.4 Å². The lowest BCUT2D eigenvalue weighted by Gasteiger charge is -2.38. The Balaban J connectivity index is 2.14. The first-order valence-electron chi connectivity index (χ1n) is 8.89. The predicted octanol–water partition coefficient (Wildman–Crippen LogP) is 3.12. The first-order chi connectivity index (χ1) is 12.7. The Morgan fingerprint density at radius 2 is 1.52 bits per heavy atom. The van der Waals surface area contributed by atoms with Crippen LogP contribution in [0.3, 0.4) is 0 Å². The zero-order chi connectivity index (χ0) is 20.0. The van der Waals surface area contributed by atoms with Gasteiger partial charge in [0.05, 0.1) is 28.4 Å². The molecule has 1 aromatic carbocycles. The van der Waals surface area contributed by atoms with Gasteiger partial charge >= 0.3 is 11.9 Å². The molecule has 0 N–H and O–H groups in total. The third-order valence-corrected chi connectivity index (χ3v) is 6.12. The SMILES string of the molecule is COC(=O)C1(C(=O)OC)CC2=Cc3cc(OC)c(OC)cc3C(C)(C)[C@H]2C1. The molecule has 0 bridgehead atoms. The van der Waals surface area contributed by atoms with Crippen LogP contribution in [0, 0.1) is 11.3 Å². The third kappa shape index (κ3) is 2.69. The summed E-state index contributed by atoms with van der Waals surface area (Å²) >= 11 is 0. The van der Waals surface area contributed by atoms with Crippen LogP contribution in [0.5, 0.6) is 11.5 Å². The summed E-state index contributed by atoms with van der Waals surface area (Å²) in [6.45, 7) is 4.25. The summed E-state index contributed by atoms with van der Waals surface area (Å²) in [7, 11) is 5.82. The summed E-state index contributed by atoms with van der Waals surface area (Å²) in [5.74, 6) is 0.236. The van der Waals surface area contributed by atoms with Crippen molar-refractivity contribution in [1.29, 1.82) is 0 Å². The highest BCUT2D eigenvalue weighted by Gasteiger charge is 2.59. The van der Waals surface area contributed by atoms with Crippen molar-refractivity contribution in [2.75, 3.05) is 28.4 Å². The number of esters is 2. The van der Waals surface area contributed by atoms with E-state index in [4.69, 9.17) is 18.9 Å². The lowest BCUT2D eigenvalue weighted by molar-refractivity contribution is -0.168. The molecule has 6 nitrogen and oxygen atoms in total. The summed E-state index contributed by atoms with van der Waals surface area (Å²) in [5.41, 5.74) is 1.56. The Morgan fingerprint density at radius 1 is 0.963 bits per heavy atom. The predicted molar refractivity (Wildman–Crippen MR) is 99.7 cm³/mol. The standard InChI is InChI=1S/C21H26O6/c1-20(2)14-9-17(25-4)16(24-3)8-12(14)7-13-10-21(11-15(13)20,18(22)26-5)19(23)27-6/h7-9,15H,10-11H2,1-6H3/t15-/m0/s1. The molecular weight excluding hydrogens is 348 g/mol. The molecule has 0 spiro atoms. The topological polar surface area (TPSA) is 71.1 Å². The number of ether oxygens (including phenoxy) is 4. The first kappa shape index (κ1) is 19.3. The molecule has 1 aromatic rings. The van der Waals surface area contributed by atoms with Crippen LogP contribution in [0.25, 0.3) is 6.08 Å². The summed E-state index contributed by atoms with van der Waals surface area (Å²) in [4.78, 5) is 25.1. The fourth-order valence-electron chi connectivity index (χ4n) is 4.64. The highest BCUT2D eigenvalue weighted by molar-refractivity contribution is 6.01. The lowest BCUT2D eigenvalue weighted by atomic mass is 9.65.